The molecule has 0 radical (unpaired) electrons. The number of nitrogen functional groups attached to an aromatic ring is 1. The molecular weight excluding hydrogens is 624 g/mol. The third kappa shape index (κ3) is 5.83. The normalized spacial score (nSPS) is 21.9. The Bertz CT molecular complexity index is 1550. The first-order chi connectivity index (χ1) is 19.6. The van der Waals surface area contributed by atoms with E-state index in [1.807, 2.05) is 13.0 Å². The average molecular weight is 653 g/mol. The van der Waals surface area contributed by atoms with Crippen molar-refractivity contribution < 1.29 is 18.3 Å². The molecule has 1 unspecified atom stereocenters. The molecule has 2 aliphatic rings. The smallest absolute Gasteiger partial charge is 0.297 e. The molecule has 1 aromatic carbocycles. The summed E-state index contributed by atoms with van der Waals surface area (Å²) in [5, 5.41) is 12.3. The Morgan fingerprint density at radius 1 is 1.46 bits per heavy atom. The van der Waals surface area contributed by atoms with Crippen molar-refractivity contribution in [3.8, 4) is 17.8 Å². The SMILES string of the molecule is CC(N[C@H](CC#N)COc1c(Cl)c(Br)c(F)c2nc(OC[C@@]34CCCN3C[C@H](F)C4)[nH]c(=O)c12)c1cccnc1N. The van der Waals surface area contributed by atoms with Crippen LogP contribution < -0.4 is 26.1 Å². The van der Waals surface area contributed by atoms with E-state index >= 15 is 4.39 Å². The van der Waals surface area contributed by atoms with Gasteiger partial charge in [0.15, 0.2) is 11.6 Å². The van der Waals surface area contributed by atoms with Crippen LogP contribution in [0.1, 0.15) is 44.2 Å². The Labute approximate surface area is 248 Å². The first-order valence-corrected chi connectivity index (χ1v) is 14.4. The van der Waals surface area contributed by atoms with E-state index < -0.39 is 29.1 Å². The van der Waals surface area contributed by atoms with E-state index in [2.05, 4.69) is 47.2 Å². The summed E-state index contributed by atoms with van der Waals surface area (Å²) >= 11 is 9.55. The molecule has 0 saturated carbocycles. The van der Waals surface area contributed by atoms with Crippen LogP contribution in [0.15, 0.2) is 27.6 Å². The molecule has 2 aromatic heterocycles. The molecule has 0 aliphatic carbocycles. The second-order valence-electron chi connectivity index (χ2n) is 10.5. The summed E-state index contributed by atoms with van der Waals surface area (Å²) < 4.78 is 41.1. The second-order valence-corrected chi connectivity index (χ2v) is 11.6. The summed E-state index contributed by atoms with van der Waals surface area (Å²) in [4.78, 5) is 26.1. The molecule has 4 N–H and O–H groups in total. The van der Waals surface area contributed by atoms with Crippen molar-refractivity contribution in [1.82, 2.24) is 25.2 Å². The van der Waals surface area contributed by atoms with Gasteiger partial charge < -0.3 is 20.5 Å². The van der Waals surface area contributed by atoms with Gasteiger partial charge in [-0.1, -0.05) is 17.7 Å². The highest BCUT2D eigenvalue weighted by Gasteiger charge is 2.49. The Kier molecular flexibility index (Phi) is 8.65. The molecule has 3 aromatic rings. The molecule has 14 heteroatoms. The molecule has 2 fully saturated rings. The van der Waals surface area contributed by atoms with Gasteiger partial charge in [0, 0.05) is 30.8 Å². The third-order valence-corrected chi connectivity index (χ3v) is 9.08. The Morgan fingerprint density at radius 2 is 2.27 bits per heavy atom. The number of aromatic nitrogens is 3. The number of nitriles is 1. The number of nitrogens with zero attached hydrogens (tertiary/aromatic N) is 4. The summed E-state index contributed by atoms with van der Waals surface area (Å²) in [5.41, 5.74) is 5.24. The topological polar surface area (TPSA) is 142 Å². The number of hydrogen-bond donors (Lipinski definition) is 3. The fourth-order valence-electron chi connectivity index (χ4n) is 5.79. The maximum absolute atomic E-state index is 15.3. The van der Waals surface area contributed by atoms with Crippen molar-refractivity contribution in [2.75, 3.05) is 32.0 Å². The maximum atomic E-state index is 15.3. The first-order valence-electron chi connectivity index (χ1n) is 13.2. The highest BCUT2D eigenvalue weighted by molar-refractivity contribution is 9.10. The number of nitrogens with one attached hydrogen (secondary N) is 2. The molecular formula is C27H29BrClF2N7O3. The number of alkyl halides is 1. The van der Waals surface area contributed by atoms with E-state index in [0.29, 0.717) is 18.8 Å². The van der Waals surface area contributed by atoms with Gasteiger partial charge in [-0.15, -0.1) is 0 Å². The van der Waals surface area contributed by atoms with Crippen molar-refractivity contribution in [2.45, 2.75) is 56.4 Å². The van der Waals surface area contributed by atoms with Crippen molar-refractivity contribution in [2.24, 2.45) is 0 Å². The number of ether oxygens (including phenoxy) is 2. The van der Waals surface area contributed by atoms with E-state index in [4.69, 9.17) is 26.8 Å². The molecule has 2 saturated heterocycles. The number of benzene rings is 1. The number of aromatic amines is 1. The standard InChI is InChI=1S/C27H29BrClF2N7O3/c1-14(17-4-2-8-34-24(17)33)35-16(5-7-32)12-40-23-18-22(21(31)19(28)20(23)29)36-26(37-25(18)39)41-13-27-6-3-9-38(27)11-15(30)10-27/h2,4,8,14-16,35H,3,5-6,9-13H2,1H3,(H2,33,34)(H,36,37,39)/t14?,15-,16-,27+/m1/s1. The molecule has 10 nitrogen and oxygen atoms in total. The number of halogens is 4. The van der Waals surface area contributed by atoms with Crippen molar-refractivity contribution in [3.05, 3.63) is 49.6 Å². The molecule has 0 bridgehead atoms. The number of anilines is 1. The largest absolute Gasteiger partial charge is 0.489 e. The average Bonchev–Trinajstić information content (AvgIpc) is 3.46. The Hall–Kier alpha value is -3.05. The van der Waals surface area contributed by atoms with Crippen LogP contribution in [0.2, 0.25) is 5.02 Å². The summed E-state index contributed by atoms with van der Waals surface area (Å²) in [6.07, 6.45) is 2.73. The molecule has 2 aliphatic heterocycles. The molecule has 0 amide bonds. The summed E-state index contributed by atoms with van der Waals surface area (Å²) in [5.74, 6) is -0.592. The van der Waals surface area contributed by atoms with E-state index in [0.717, 1.165) is 24.9 Å². The first kappa shape index (κ1) is 29.4. The predicted molar refractivity (Wildman–Crippen MR) is 153 cm³/mol. The lowest BCUT2D eigenvalue weighted by atomic mass is 9.95. The van der Waals surface area contributed by atoms with Crippen LogP contribution in [-0.2, 0) is 0 Å². The van der Waals surface area contributed by atoms with Gasteiger partial charge in [-0.25, -0.2) is 13.8 Å². The Morgan fingerprint density at radius 3 is 3.02 bits per heavy atom. The van der Waals surface area contributed by atoms with Gasteiger partial charge in [-0.3, -0.25) is 14.7 Å². The van der Waals surface area contributed by atoms with E-state index in [9.17, 15) is 14.4 Å². The lowest BCUT2D eigenvalue weighted by Gasteiger charge is -2.30. The predicted octanol–water partition coefficient (Wildman–Crippen LogP) is 4.42. The lowest BCUT2D eigenvalue weighted by Crippen LogP contribution is -2.43. The monoisotopic (exact) mass is 651 g/mol. The lowest BCUT2D eigenvalue weighted by molar-refractivity contribution is 0.107. The molecule has 5 rings (SSSR count). The minimum Gasteiger partial charge on any atom is -0.489 e. The van der Waals surface area contributed by atoms with Crippen LogP contribution in [0.5, 0.6) is 11.8 Å². The number of fused-ring (bicyclic) bond motifs is 2. The molecule has 4 atom stereocenters. The highest BCUT2D eigenvalue weighted by Crippen LogP contribution is 2.42. The van der Waals surface area contributed by atoms with Crippen LogP contribution in [0.25, 0.3) is 10.9 Å². The zero-order valence-corrected chi connectivity index (χ0v) is 24.6. The van der Waals surface area contributed by atoms with E-state index in [1.54, 1.807) is 12.3 Å². The molecule has 4 heterocycles. The molecule has 0 spiro atoms. The van der Waals surface area contributed by atoms with Gasteiger partial charge in [0.05, 0.1) is 28.5 Å². The van der Waals surface area contributed by atoms with E-state index in [1.165, 1.54) is 0 Å². The summed E-state index contributed by atoms with van der Waals surface area (Å²) in [7, 11) is 0. The van der Waals surface area contributed by atoms with Crippen LogP contribution in [0, 0.1) is 17.1 Å². The second kappa shape index (κ2) is 12.1. The van der Waals surface area contributed by atoms with Gasteiger partial charge in [0.2, 0.25) is 0 Å². The number of nitrogens with two attached hydrogens (primary N) is 1. The highest BCUT2D eigenvalue weighted by atomic mass is 79.9. The number of hydrogen-bond acceptors (Lipinski definition) is 9. The van der Waals surface area contributed by atoms with Crippen LogP contribution >= 0.6 is 27.5 Å². The van der Waals surface area contributed by atoms with E-state index in [-0.39, 0.29) is 57.8 Å². The zero-order chi connectivity index (χ0) is 29.3. The number of rotatable bonds is 10. The maximum Gasteiger partial charge on any atom is 0.297 e. The van der Waals surface area contributed by atoms with Crippen molar-refractivity contribution >= 4 is 44.3 Å². The summed E-state index contributed by atoms with van der Waals surface area (Å²) in [6.45, 7) is 3.03. The fourth-order valence-corrected chi connectivity index (χ4v) is 6.39. The van der Waals surface area contributed by atoms with Gasteiger partial charge in [-0.05, 0) is 48.3 Å². The van der Waals surface area contributed by atoms with Gasteiger partial charge in [-0.2, -0.15) is 10.2 Å². The number of H-pyrrole nitrogens is 1. The minimum atomic E-state index is -0.943. The molecule has 41 heavy (non-hydrogen) atoms. The van der Waals surface area contributed by atoms with Crippen LogP contribution in [-0.4, -0.2) is 63.9 Å². The summed E-state index contributed by atoms with van der Waals surface area (Å²) in [6, 6.07) is 4.73. The number of pyridine rings is 1. The fraction of sp³-hybridized carbons (Fsp3) is 0.481. The minimum absolute atomic E-state index is 0.0630. The molecule has 218 valence electrons. The van der Waals surface area contributed by atoms with Crippen molar-refractivity contribution in [1.29, 1.82) is 5.26 Å². The quantitative estimate of drug-likeness (QED) is 0.271. The van der Waals surface area contributed by atoms with Crippen LogP contribution in [0.4, 0.5) is 14.6 Å². The van der Waals surface area contributed by atoms with Crippen LogP contribution in [0.3, 0.4) is 0 Å². The third-order valence-electron chi connectivity index (χ3n) is 7.75. The van der Waals surface area contributed by atoms with Gasteiger partial charge in [0.25, 0.3) is 11.6 Å². The van der Waals surface area contributed by atoms with Crippen molar-refractivity contribution in [3.63, 3.8) is 0 Å². The zero-order valence-electron chi connectivity index (χ0n) is 22.2. The van der Waals surface area contributed by atoms with Gasteiger partial charge >= 0.3 is 0 Å². The van der Waals surface area contributed by atoms with Gasteiger partial charge in [0.1, 0.15) is 41.1 Å². The Balaban J connectivity index is 1.39.